The van der Waals surface area contributed by atoms with Crippen LogP contribution < -0.4 is 15.6 Å². The van der Waals surface area contributed by atoms with Crippen molar-refractivity contribution in [1.82, 2.24) is 24.7 Å². The van der Waals surface area contributed by atoms with Gasteiger partial charge in [0, 0.05) is 12.3 Å². The van der Waals surface area contributed by atoms with Gasteiger partial charge in [-0.25, -0.2) is 19.0 Å². The van der Waals surface area contributed by atoms with Gasteiger partial charge in [-0.05, 0) is 49.7 Å². The van der Waals surface area contributed by atoms with Gasteiger partial charge >= 0.3 is 0 Å². The first kappa shape index (κ1) is 21.6. The summed E-state index contributed by atoms with van der Waals surface area (Å²) in [4.78, 5) is 24.7. The highest BCUT2D eigenvalue weighted by Crippen LogP contribution is 2.29. The van der Waals surface area contributed by atoms with Crippen LogP contribution in [-0.4, -0.2) is 31.3 Å². The molecule has 0 aliphatic carbocycles. The molecule has 5 rings (SSSR count). The van der Waals surface area contributed by atoms with Crippen LogP contribution in [0.25, 0.3) is 27.6 Å². The number of aromatic amines is 1. The summed E-state index contributed by atoms with van der Waals surface area (Å²) < 4.78 is 22.2. The molecule has 0 atom stereocenters. The van der Waals surface area contributed by atoms with E-state index in [1.54, 1.807) is 37.4 Å². The average molecular weight is 458 g/mol. The van der Waals surface area contributed by atoms with Gasteiger partial charge in [0.05, 0.1) is 23.2 Å². The minimum atomic E-state index is -0.483. The van der Waals surface area contributed by atoms with E-state index in [4.69, 9.17) is 9.72 Å². The van der Waals surface area contributed by atoms with E-state index in [2.05, 4.69) is 27.3 Å². The van der Waals surface area contributed by atoms with E-state index in [0.29, 0.717) is 51.6 Å². The summed E-state index contributed by atoms with van der Waals surface area (Å²) in [5.41, 5.74) is 1.76. The number of nitrogens with one attached hydrogen (secondary N) is 2. The fourth-order valence-electron chi connectivity index (χ4n) is 3.83. The summed E-state index contributed by atoms with van der Waals surface area (Å²) in [5, 5.41) is 8.02. The number of nitrogens with zero attached hydrogens (tertiary/aromatic N) is 4. The Kier molecular flexibility index (Phi) is 5.67. The van der Waals surface area contributed by atoms with Crippen LogP contribution in [0.15, 0.2) is 59.5 Å². The first-order valence-electron chi connectivity index (χ1n) is 11.1. The number of anilines is 2. The molecule has 8 nitrogen and oxygen atoms in total. The molecule has 0 saturated carbocycles. The SMILES string of the molecule is CCCCOc1ccc(F)c(-n2nc(C)c3c(=O)[nH]c4ccc(Nc5ccccn5)nc4c32)c1. The number of fused-ring (bicyclic) bond motifs is 3. The van der Waals surface area contributed by atoms with Gasteiger partial charge in [-0.15, -0.1) is 0 Å². The summed E-state index contributed by atoms with van der Waals surface area (Å²) >= 11 is 0. The maximum Gasteiger partial charge on any atom is 0.259 e. The largest absolute Gasteiger partial charge is 0.494 e. The van der Waals surface area contributed by atoms with Crippen molar-refractivity contribution in [3.63, 3.8) is 0 Å². The fourth-order valence-corrected chi connectivity index (χ4v) is 3.83. The molecule has 1 aromatic carbocycles. The van der Waals surface area contributed by atoms with Gasteiger partial charge in [0.1, 0.15) is 39.9 Å². The van der Waals surface area contributed by atoms with Gasteiger partial charge in [-0.1, -0.05) is 19.4 Å². The van der Waals surface area contributed by atoms with Crippen molar-refractivity contribution in [3.8, 4) is 11.4 Å². The minimum absolute atomic E-state index is 0.184. The lowest BCUT2D eigenvalue weighted by atomic mass is 10.2. The molecule has 0 fully saturated rings. The van der Waals surface area contributed by atoms with Crippen molar-refractivity contribution < 1.29 is 9.13 Å². The number of hydrogen-bond donors (Lipinski definition) is 2. The van der Waals surface area contributed by atoms with E-state index >= 15 is 4.39 Å². The lowest BCUT2D eigenvalue weighted by Gasteiger charge is -2.11. The van der Waals surface area contributed by atoms with Crippen LogP contribution in [0.2, 0.25) is 0 Å². The van der Waals surface area contributed by atoms with Crippen molar-refractivity contribution in [3.05, 3.63) is 76.6 Å². The molecule has 0 aliphatic rings. The molecule has 172 valence electrons. The molecule has 4 heterocycles. The van der Waals surface area contributed by atoms with Gasteiger partial charge in [0.15, 0.2) is 0 Å². The third-order valence-electron chi connectivity index (χ3n) is 5.49. The Hall–Kier alpha value is -4.27. The molecule has 0 unspecified atom stereocenters. The van der Waals surface area contributed by atoms with E-state index in [-0.39, 0.29) is 11.2 Å². The molecule has 0 aliphatic heterocycles. The zero-order chi connectivity index (χ0) is 23.7. The molecule has 0 bridgehead atoms. The quantitative estimate of drug-likeness (QED) is 0.332. The Morgan fingerprint density at radius 1 is 1.15 bits per heavy atom. The van der Waals surface area contributed by atoms with Crippen molar-refractivity contribution in [1.29, 1.82) is 0 Å². The van der Waals surface area contributed by atoms with E-state index < -0.39 is 5.82 Å². The molecule has 0 radical (unpaired) electrons. The van der Waals surface area contributed by atoms with Gasteiger partial charge in [0.2, 0.25) is 0 Å². The Bertz CT molecular complexity index is 1540. The van der Waals surface area contributed by atoms with Crippen LogP contribution in [0.3, 0.4) is 0 Å². The summed E-state index contributed by atoms with van der Waals surface area (Å²) in [7, 11) is 0. The second-order valence-corrected chi connectivity index (χ2v) is 7.92. The normalized spacial score (nSPS) is 11.3. The number of aromatic nitrogens is 5. The van der Waals surface area contributed by atoms with Crippen LogP contribution in [0.5, 0.6) is 5.75 Å². The minimum Gasteiger partial charge on any atom is -0.494 e. The summed E-state index contributed by atoms with van der Waals surface area (Å²) in [6.45, 7) is 4.33. The number of pyridine rings is 3. The van der Waals surface area contributed by atoms with Crippen LogP contribution in [0, 0.1) is 12.7 Å². The molecule has 0 amide bonds. The summed E-state index contributed by atoms with van der Waals surface area (Å²) in [5.74, 6) is 1.21. The number of aryl methyl sites for hydroxylation is 1. The average Bonchev–Trinajstić information content (AvgIpc) is 3.19. The number of H-pyrrole nitrogens is 1. The van der Waals surface area contributed by atoms with Crippen LogP contribution in [0.4, 0.5) is 16.0 Å². The number of unbranched alkanes of at least 4 members (excludes halogenated alkanes) is 1. The van der Waals surface area contributed by atoms with Crippen molar-refractivity contribution in [2.24, 2.45) is 0 Å². The predicted octanol–water partition coefficient (Wildman–Crippen LogP) is 5.03. The van der Waals surface area contributed by atoms with Crippen LogP contribution in [-0.2, 0) is 0 Å². The van der Waals surface area contributed by atoms with Gasteiger partial charge in [0.25, 0.3) is 5.56 Å². The molecule has 2 N–H and O–H groups in total. The first-order valence-corrected chi connectivity index (χ1v) is 11.1. The standard InChI is InChI=1S/C25H23FN6O2/c1-3-4-13-34-16-8-9-17(26)19(14-16)32-24-22(15(2)31-32)25(33)28-18-10-11-21(30-23(18)24)29-20-7-5-6-12-27-20/h5-12,14H,3-4,13H2,1-2H3,(H,28,33)(H,27,29,30). The molecule has 0 spiro atoms. The topological polar surface area (TPSA) is 97.7 Å². The van der Waals surface area contributed by atoms with Gasteiger partial charge in [-0.3, -0.25) is 4.79 Å². The van der Waals surface area contributed by atoms with Crippen molar-refractivity contribution in [2.45, 2.75) is 26.7 Å². The molecule has 0 saturated heterocycles. The number of rotatable bonds is 7. The van der Waals surface area contributed by atoms with E-state index in [9.17, 15) is 4.79 Å². The number of benzene rings is 1. The second-order valence-electron chi connectivity index (χ2n) is 7.92. The van der Waals surface area contributed by atoms with E-state index in [1.807, 2.05) is 18.2 Å². The van der Waals surface area contributed by atoms with Crippen LogP contribution in [0.1, 0.15) is 25.5 Å². The van der Waals surface area contributed by atoms with Crippen molar-refractivity contribution >= 4 is 33.6 Å². The zero-order valence-corrected chi connectivity index (χ0v) is 18.8. The smallest absolute Gasteiger partial charge is 0.259 e. The molecule has 34 heavy (non-hydrogen) atoms. The molecular weight excluding hydrogens is 435 g/mol. The Labute approximate surface area is 194 Å². The molecule has 5 aromatic rings. The Balaban J connectivity index is 1.70. The Morgan fingerprint density at radius 3 is 2.82 bits per heavy atom. The first-order chi connectivity index (χ1) is 16.5. The highest BCUT2D eigenvalue weighted by Gasteiger charge is 2.20. The summed E-state index contributed by atoms with van der Waals surface area (Å²) in [6.07, 6.45) is 3.56. The zero-order valence-electron chi connectivity index (χ0n) is 18.8. The third kappa shape index (κ3) is 3.96. The Morgan fingerprint density at radius 2 is 2.03 bits per heavy atom. The molecule has 9 heteroatoms. The summed E-state index contributed by atoms with van der Waals surface area (Å²) in [6, 6.07) is 13.5. The maximum atomic E-state index is 15.0. The lowest BCUT2D eigenvalue weighted by Crippen LogP contribution is -2.09. The highest BCUT2D eigenvalue weighted by atomic mass is 19.1. The predicted molar refractivity (Wildman–Crippen MR) is 130 cm³/mol. The van der Waals surface area contributed by atoms with E-state index in [1.165, 1.54) is 10.7 Å². The van der Waals surface area contributed by atoms with Crippen LogP contribution >= 0.6 is 0 Å². The van der Waals surface area contributed by atoms with Gasteiger partial charge in [-0.2, -0.15) is 5.10 Å². The third-order valence-corrected chi connectivity index (χ3v) is 5.49. The van der Waals surface area contributed by atoms with Gasteiger partial charge < -0.3 is 15.0 Å². The molecule has 4 aromatic heterocycles. The van der Waals surface area contributed by atoms with Crippen molar-refractivity contribution in [2.75, 3.05) is 11.9 Å². The number of hydrogen-bond acceptors (Lipinski definition) is 6. The number of halogens is 1. The fraction of sp³-hybridized carbons (Fsp3) is 0.200. The second kappa shape index (κ2) is 8.93. The number of ether oxygens (including phenoxy) is 1. The highest BCUT2D eigenvalue weighted by molar-refractivity contribution is 6.03. The lowest BCUT2D eigenvalue weighted by molar-refractivity contribution is 0.309. The molecular formula is C25H23FN6O2. The maximum absolute atomic E-state index is 15.0. The monoisotopic (exact) mass is 458 g/mol. The van der Waals surface area contributed by atoms with E-state index in [0.717, 1.165) is 12.8 Å².